The van der Waals surface area contributed by atoms with Gasteiger partial charge >= 0.3 is 0 Å². The highest BCUT2D eigenvalue weighted by Crippen LogP contribution is 2.23. The molecule has 1 saturated carbocycles. The van der Waals surface area contributed by atoms with E-state index in [0.29, 0.717) is 10.6 Å². The summed E-state index contributed by atoms with van der Waals surface area (Å²) in [5.41, 5.74) is 0.292. The lowest BCUT2D eigenvalue weighted by atomic mass is 9.95. The zero-order valence-electron chi connectivity index (χ0n) is 9.58. The third kappa shape index (κ3) is 3.13. The summed E-state index contributed by atoms with van der Waals surface area (Å²) >= 11 is 5.72. The number of carbonyl (C=O) groups is 1. The molecule has 1 aliphatic rings. The summed E-state index contributed by atoms with van der Waals surface area (Å²) in [4.78, 5) is 11.9. The first-order valence-electron chi connectivity index (χ1n) is 5.96. The molecule has 0 aliphatic heterocycles. The van der Waals surface area contributed by atoms with Crippen LogP contribution in [0, 0.1) is 0 Å². The molecule has 3 nitrogen and oxygen atoms in total. The molecular formula is C13H16ClNO2. The Balaban J connectivity index is 2.03. The number of phenolic OH excluding ortho intramolecular Hbond substituents is 1. The Bertz CT molecular complexity index is 414. The fourth-order valence-electron chi connectivity index (χ4n) is 2.21. The largest absolute Gasteiger partial charge is 0.507 e. The first-order chi connectivity index (χ1) is 8.16. The number of hydrogen-bond acceptors (Lipinski definition) is 2. The lowest BCUT2D eigenvalue weighted by molar-refractivity contribution is 0.0925. The maximum Gasteiger partial charge on any atom is 0.255 e. The molecule has 0 saturated heterocycles. The van der Waals surface area contributed by atoms with Gasteiger partial charge in [0.25, 0.3) is 5.91 Å². The normalized spacial score (nSPS) is 16.8. The molecule has 1 aromatic rings. The molecule has 4 heteroatoms. The minimum absolute atomic E-state index is 0.0641. The standard InChI is InChI=1S/C13H16ClNO2/c14-9-6-7-11(12(16)8-9)13(17)15-10-4-2-1-3-5-10/h6-8,10,16H,1-5H2,(H,15,17). The summed E-state index contributed by atoms with van der Waals surface area (Å²) in [6.45, 7) is 0. The van der Waals surface area contributed by atoms with Gasteiger partial charge in [0.2, 0.25) is 0 Å². The predicted molar refractivity (Wildman–Crippen MR) is 67.5 cm³/mol. The molecule has 2 rings (SSSR count). The third-order valence-electron chi connectivity index (χ3n) is 3.14. The van der Waals surface area contributed by atoms with E-state index in [-0.39, 0.29) is 17.7 Å². The molecule has 1 aliphatic carbocycles. The molecule has 0 aromatic heterocycles. The van der Waals surface area contributed by atoms with Gasteiger partial charge in [0.15, 0.2) is 0 Å². The van der Waals surface area contributed by atoms with Crippen molar-refractivity contribution in [2.24, 2.45) is 0 Å². The first kappa shape index (κ1) is 12.2. The van der Waals surface area contributed by atoms with Crippen LogP contribution >= 0.6 is 11.6 Å². The Hall–Kier alpha value is -1.22. The molecule has 0 bridgehead atoms. The highest BCUT2D eigenvalue weighted by atomic mass is 35.5. The van der Waals surface area contributed by atoms with Gasteiger partial charge in [-0.2, -0.15) is 0 Å². The van der Waals surface area contributed by atoms with Crippen LogP contribution in [0.15, 0.2) is 18.2 Å². The number of halogens is 1. The van der Waals surface area contributed by atoms with Crippen LogP contribution in [-0.4, -0.2) is 17.1 Å². The minimum atomic E-state index is -0.217. The van der Waals surface area contributed by atoms with E-state index in [4.69, 9.17) is 11.6 Å². The summed E-state index contributed by atoms with van der Waals surface area (Å²) in [5, 5.41) is 13.0. The Morgan fingerprint density at radius 1 is 1.29 bits per heavy atom. The molecule has 1 aromatic carbocycles. The minimum Gasteiger partial charge on any atom is -0.507 e. The monoisotopic (exact) mass is 253 g/mol. The predicted octanol–water partition coefficient (Wildman–Crippen LogP) is 3.11. The van der Waals surface area contributed by atoms with E-state index in [1.165, 1.54) is 12.5 Å². The van der Waals surface area contributed by atoms with E-state index < -0.39 is 0 Å². The van der Waals surface area contributed by atoms with Crippen LogP contribution < -0.4 is 5.32 Å². The smallest absolute Gasteiger partial charge is 0.255 e. The lowest BCUT2D eigenvalue weighted by Crippen LogP contribution is -2.36. The number of benzene rings is 1. The molecular weight excluding hydrogens is 238 g/mol. The topological polar surface area (TPSA) is 49.3 Å². The Kier molecular flexibility index (Phi) is 3.89. The number of rotatable bonds is 2. The van der Waals surface area contributed by atoms with Crippen LogP contribution in [0.1, 0.15) is 42.5 Å². The van der Waals surface area contributed by atoms with E-state index >= 15 is 0 Å². The second kappa shape index (κ2) is 5.41. The fraction of sp³-hybridized carbons (Fsp3) is 0.462. The van der Waals surface area contributed by atoms with Crippen molar-refractivity contribution in [2.75, 3.05) is 0 Å². The Morgan fingerprint density at radius 3 is 2.65 bits per heavy atom. The van der Waals surface area contributed by atoms with Crippen LogP contribution in [0.5, 0.6) is 5.75 Å². The highest BCUT2D eigenvalue weighted by molar-refractivity contribution is 6.30. The maximum atomic E-state index is 11.9. The zero-order valence-corrected chi connectivity index (χ0v) is 10.3. The van der Waals surface area contributed by atoms with Crippen LogP contribution in [0.25, 0.3) is 0 Å². The molecule has 92 valence electrons. The molecule has 2 N–H and O–H groups in total. The molecule has 0 atom stereocenters. The van der Waals surface area contributed by atoms with E-state index in [1.54, 1.807) is 12.1 Å². The number of phenols is 1. The SMILES string of the molecule is O=C(NC1CCCCC1)c1ccc(Cl)cc1O. The fourth-order valence-corrected chi connectivity index (χ4v) is 2.37. The van der Waals surface area contributed by atoms with E-state index in [1.807, 2.05) is 0 Å². The van der Waals surface area contributed by atoms with Gasteiger partial charge in [-0.3, -0.25) is 4.79 Å². The quantitative estimate of drug-likeness (QED) is 0.851. The van der Waals surface area contributed by atoms with Gasteiger partial charge < -0.3 is 10.4 Å². The first-order valence-corrected chi connectivity index (χ1v) is 6.34. The number of carbonyl (C=O) groups excluding carboxylic acids is 1. The number of aromatic hydroxyl groups is 1. The van der Waals surface area contributed by atoms with Crippen molar-refractivity contribution in [1.82, 2.24) is 5.32 Å². The van der Waals surface area contributed by atoms with Gasteiger partial charge in [0.1, 0.15) is 5.75 Å². The number of hydrogen-bond donors (Lipinski definition) is 2. The molecule has 0 spiro atoms. The summed E-state index contributed by atoms with van der Waals surface area (Å²) < 4.78 is 0. The van der Waals surface area contributed by atoms with Crippen molar-refractivity contribution in [3.05, 3.63) is 28.8 Å². The van der Waals surface area contributed by atoms with Crippen LogP contribution in [0.2, 0.25) is 5.02 Å². The van der Waals surface area contributed by atoms with Crippen LogP contribution in [0.3, 0.4) is 0 Å². The van der Waals surface area contributed by atoms with Crippen molar-refractivity contribution >= 4 is 17.5 Å². The average Bonchev–Trinajstić information content (AvgIpc) is 2.30. The summed E-state index contributed by atoms with van der Waals surface area (Å²) in [7, 11) is 0. The van der Waals surface area contributed by atoms with Crippen molar-refractivity contribution in [3.8, 4) is 5.75 Å². The molecule has 17 heavy (non-hydrogen) atoms. The third-order valence-corrected chi connectivity index (χ3v) is 3.38. The second-order valence-corrected chi connectivity index (χ2v) is 4.91. The molecule has 0 radical (unpaired) electrons. The zero-order chi connectivity index (χ0) is 12.3. The molecule has 0 unspecified atom stereocenters. The van der Waals surface area contributed by atoms with Gasteiger partial charge in [0.05, 0.1) is 5.56 Å². The number of nitrogens with one attached hydrogen (secondary N) is 1. The Morgan fingerprint density at radius 2 is 2.00 bits per heavy atom. The van der Waals surface area contributed by atoms with Crippen molar-refractivity contribution < 1.29 is 9.90 Å². The van der Waals surface area contributed by atoms with Gasteiger partial charge in [-0.15, -0.1) is 0 Å². The molecule has 1 amide bonds. The van der Waals surface area contributed by atoms with Gasteiger partial charge in [0, 0.05) is 11.1 Å². The van der Waals surface area contributed by atoms with Crippen molar-refractivity contribution in [2.45, 2.75) is 38.1 Å². The summed E-state index contributed by atoms with van der Waals surface area (Å²) in [5.74, 6) is -0.281. The maximum absolute atomic E-state index is 11.9. The van der Waals surface area contributed by atoms with E-state index in [0.717, 1.165) is 25.7 Å². The summed E-state index contributed by atoms with van der Waals surface area (Å²) in [6.07, 6.45) is 5.63. The van der Waals surface area contributed by atoms with Gasteiger partial charge in [-0.25, -0.2) is 0 Å². The van der Waals surface area contributed by atoms with Crippen LogP contribution in [0.4, 0.5) is 0 Å². The van der Waals surface area contributed by atoms with Gasteiger partial charge in [-0.05, 0) is 31.0 Å². The highest BCUT2D eigenvalue weighted by Gasteiger charge is 2.18. The second-order valence-electron chi connectivity index (χ2n) is 4.47. The number of amides is 1. The van der Waals surface area contributed by atoms with Crippen molar-refractivity contribution in [3.63, 3.8) is 0 Å². The lowest BCUT2D eigenvalue weighted by Gasteiger charge is -2.22. The Labute approximate surface area is 106 Å². The molecule has 0 heterocycles. The summed E-state index contributed by atoms with van der Waals surface area (Å²) in [6, 6.07) is 4.79. The van der Waals surface area contributed by atoms with Crippen LogP contribution in [-0.2, 0) is 0 Å². The van der Waals surface area contributed by atoms with Gasteiger partial charge in [-0.1, -0.05) is 30.9 Å². The van der Waals surface area contributed by atoms with E-state index in [9.17, 15) is 9.90 Å². The molecule has 1 fully saturated rings. The van der Waals surface area contributed by atoms with Crippen molar-refractivity contribution in [1.29, 1.82) is 0 Å². The average molecular weight is 254 g/mol. The van der Waals surface area contributed by atoms with E-state index in [2.05, 4.69) is 5.32 Å².